The zero-order valence-corrected chi connectivity index (χ0v) is 28.5. The summed E-state index contributed by atoms with van der Waals surface area (Å²) in [5, 5.41) is 11.9. The van der Waals surface area contributed by atoms with Gasteiger partial charge in [-0.15, -0.1) is 0 Å². The summed E-state index contributed by atoms with van der Waals surface area (Å²) in [6.45, 7) is 11.5. The van der Waals surface area contributed by atoms with Crippen molar-refractivity contribution < 1.29 is 32.9 Å². The van der Waals surface area contributed by atoms with Gasteiger partial charge in [0.25, 0.3) is 0 Å². The van der Waals surface area contributed by atoms with Crippen LogP contribution in [-0.2, 0) is 9.47 Å². The monoisotopic (exact) mass is 678 g/mol. The topological polar surface area (TPSA) is 132 Å². The van der Waals surface area contributed by atoms with Crippen LogP contribution in [0, 0.1) is 11.6 Å². The molecule has 5 heterocycles. The highest BCUT2D eigenvalue weighted by Crippen LogP contribution is 2.39. The third kappa shape index (κ3) is 6.30. The predicted octanol–water partition coefficient (Wildman–Crippen LogP) is 5.13. The molecule has 6 rings (SSSR count). The Morgan fingerprint density at radius 3 is 2.55 bits per heavy atom. The lowest BCUT2D eigenvalue weighted by atomic mass is 9.97. The molecule has 0 aliphatic carbocycles. The lowest BCUT2D eigenvalue weighted by Gasteiger charge is -2.41. The lowest BCUT2D eigenvalue weighted by molar-refractivity contribution is -0.0369. The van der Waals surface area contributed by atoms with E-state index in [2.05, 4.69) is 15.0 Å². The van der Waals surface area contributed by atoms with Crippen molar-refractivity contribution in [2.75, 3.05) is 38.3 Å². The number of hydrogen-bond acceptors (Lipinski definition) is 10. The largest absolute Gasteiger partial charge is 0.490 e. The number of hydrogen-bond donors (Lipinski definition) is 1. The number of nitrogens with zero attached hydrogens (tertiary/aromatic N) is 6. The van der Waals surface area contributed by atoms with Crippen LogP contribution >= 0.6 is 0 Å². The number of benzene rings is 1. The number of aliphatic hydroxyl groups is 1. The summed E-state index contributed by atoms with van der Waals surface area (Å²) in [6, 6.07) is 6.45. The molecule has 2 aliphatic heterocycles. The van der Waals surface area contributed by atoms with Crippen molar-refractivity contribution in [1.29, 1.82) is 0 Å². The first kappa shape index (κ1) is 34.2. The minimum absolute atomic E-state index is 0.0199. The average Bonchev–Trinajstić information content (AvgIpc) is 3.03. The SMILES string of the molecule is COC1COc2cccc(F)c2-c2nc3c(cc2F)c(N2CCN(C(=O)OC(C)(C)C)C[C@@H]2C)nc(=O)n3-c2c(ccnc2C(C)C)C1O. The molecule has 49 heavy (non-hydrogen) atoms. The zero-order chi connectivity index (χ0) is 35.4. The molecule has 1 N–H and O–H groups in total. The number of rotatable bonds is 3. The van der Waals surface area contributed by atoms with E-state index in [0.29, 0.717) is 11.3 Å². The molecule has 0 radical (unpaired) electrons. The molecule has 0 saturated carbocycles. The van der Waals surface area contributed by atoms with Gasteiger partial charge >= 0.3 is 11.8 Å². The molecule has 14 heteroatoms. The molecule has 3 atom stereocenters. The Balaban J connectivity index is 1.64. The standard InChI is InChI=1S/C35H40F2N6O6/c1-18(2)27-29-20(11-12-38-27)30(44)25(47-7)17-48-24-10-8-9-22(36)26(24)28-23(37)15-21-31(40-33(45)43(29)32(21)39-28)42-14-13-41(16-19(42)3)34(46)49-35(4,5)6/h8-12,15,18-19,25,30,44H,13-14,16-17H2,1-7H3/t19-,25?,30?/m0/s1. The predicted molar refractivity (Wildman–Crippen MR) is 178 cm³/mol. The van der Waals surface area contributed by atoms with E-state index < -0.39 is 41.2 Å². The van der Waals surface area contributed by atoms with Crippen LogP contribution in [0.5, 0.6) is 5.75 Å². The third-order valence-corrected chi connectivity index (χ3v) is 8.70. The molecule has 1 aromatic carbocycles. The number of pyridine rings is 2. The molecular weight excluding hydrogens is 638 g/mol. The number of ether oxygens (including phenoxy) is 3. The fourth-order valence-corrected chi connectivity index (χ4v) is 6.37. The minimum Gasteiger partial charge on any atom is -0.490 e. The number of methoxy groups -OCH3 is 1. The van der Waals surface area contributed by atoms with Gasteiger partial charge in [-0.2, -0.15) is 4.98 Å². The second-order valence-electron chi connectivity index (χ2n) is 13.6. The van der Waals surface area contributed by atoms with Crippen LogP contribution in [-0.4, -0.2) is 86.7 Å². The van der Waals surface area contributed by atoms with Crippen molar-refractivity contribution in [2.24, 2.45) is 0 Å². The maximum Gasteiger partial charge on any atom is 0.410 e. The van der Waals surface area contributed by atoms with Gasteiger partial charge in [0, 0.05) is 44.5 Å². The first-order valence-corrected chi connectivity index (χ1v) is 16.2. The van der Waals surface area contributed by atoms with E-state index in [1.807, 2.05) is 25.7 Å². The average molecular weight is 679 g/mol. The molecule has 3 aromatic heterocycles. The van der Waals surface area contributed by atoms with Crippen molar-refractivity contribution in [3.8, 4) is 22.7 Å². The Bertz CT molecular complexity index is 1980. The summed E-state index contributed by atoms with van der Waals surface area (Å²) in [5.41, 5.74) is -1.15. The van der Waals surface area contributed by atoms with Gasteiger partial charge in [-0.25, -0.2) is 27.9 Å². The normalized spacial score (nSPS) is 19.6. The van der Waals surface area contributed by atoms with E-state index in [9.17, 15) is 14.7 Å². The molecule has 260 valence electrons. The van der Waals surface area contributed by atoms with Gasteiger partial charge in [-0.05, 0) is 57.9 Å². The van der Waals surface area contributed by atoms with Crippen LogP contribution in [0.15, 0.2) is 41.3 Å². The Morgan fingerprint density at radius 1 is 1.12 bits per heavy atom. The molecule has 1 fully saturated rings. The maximum atomic E-state index is 16.4. The van der Waals surface area contributed by atoms with Gasteiger partial charge < -0.3 is 29.1 Å². The van der Waals surface area contributed by atoms with Crippen LogP contribution in [0.1, 0.15) is 64.8 Å². The summed E-state index contributed by atoms with van der Waals surface area (Å²) < 4.78 is 50.3. The number of piperazine rings is 1. The van der Waals surface area contributed by atoms with Crippen LogP contribution in [0.3, 0.4) is 0 Å². The van der Waals surface area contributed by atoms with E-state index in [1.54, 1.807) is 31.7 Å². The number of carbonyl (C=O) groups excluding carboxylic acids is 1. The van der Waals surface area contributed by atoms with E-state index in [4.69, 9.17) is 14.2 Å². The molecule has 1 saturated heterocycles. The van der Waals surface area contributed by atoms with Crippen LogP contribution in [0.25, 0.3) is 28.0 Å². The van der Waals surface area contributed by atoms with E-state index in [0.717, 1.165) is 6.07 Å². The number of carbonyl (C=O) groups is 1. The quantitative estimate of drug-likeness (QED) is 0.311. The van der Waals surface area contributed by atoms with Gasteiger partial charge in [-0.1, -0.05) is 19.9 Å². The zero-order valence-electron chi connectivity index (χ0n) is 28.5. The van der Waals surface area contributed by atoms with E-state index in [1.165, 1.54) is 36.1 Å². The van der Waals surface area contributed by atoms with Crippen molar-refractivity contribution in [2.45, 2.75) is 71.3 Å². The van der Waals surface area contributed by atoms with Crippen molar-refractivity contribution in [3.63, 3.8) is 0 Å². The fraction of sp³-hybridized carbons (Fsp3) is 0.457. The maximum absolute atomic E-state index is 16.4. The number of halogens is 2. The molecule has 2 unspecified atom stereocenters. The highest BCUT2D eigenvalue weighted by molar-refractivity contribution is 5.91. The number of aliphatic hydroxyl groups excluding tert-OH is 1. The molecule has 12 nitrogen and oxygen atoms in total. The van der Waals surface area contributed by atoms with Gasteiger partial charge in [0.2, 0.25) is 0 Å². The van der Waals surface area contributed by atoms with Gasteiger partial charge in [0.05, 0.1) is 22.3 Å². The highest BCUT2D eigenvalue weighted by atomic mass is 19.1. The van der Waals surface area contributed by atoms with Gasteiger partial charge in [-0.3, -0.25) is 4.98 Å². The second-order valence-corrected chi connectivity index (χ2v) is 13.6. The summed E-state index contributed by atoms with van der Waals surface area (Å²) in [5.74, 6) is -1.78. The van der Waals surface area contributed by atoms with E-state index >= 15 is 8.78 Å². The lowest BCUT2D eigenvalue weighted by Crippen LogP contribution is -2.55. The molecule has 2 aliphatic rings. The Morgan fingerprint density at radius 2 is 1.88 bits per heavy atom. The van der Waals surface area contributed by atoms with Crippen LogP contribution < -0.4 is 15.3 Å². The smallest absolute Gasteiger partial charge is 0.410 e. The molecule has 0 spiro atoms. The number of aromatic nitrogens is 4. The number of amides is 1. The summed E-state index contributed by atoms with van der Waals surface area (Å²) >= 11 is 0. The Hall–Kier alpha value is -4.69. The van der Waals surface area contributed by atoms with Crippen LogP contribution in [0.2, 0.25) is 0 Å². The second kappa shape index (κ2) is 13.0. The van der Waals surface area contributed by atoms with Crippen molar-refractivity contribution in [3.05, 3.63) is 69.9 Å². The molecule has 4 aromatic rings. The van der Waals surface area contributed by atoms with Crippen molar-refractivity contribution >= 4 is 22.9 Å². The highest BCUT2D eigenvalue weighted by Gasteiger charge is 2.35. The third-order valence-electron chi connectivity index (χ3n) is 8.70. The Labute approximate surface area is 282 Å². The number of fused-ring (bicyclic) bond motifs is 5. The molecular formula is C35H40F2N6O6. The summed E-state index contributed by atoms with van der Waals surface area (Å²) in [4.78, 5) is 44.4. The fourth-order valence-electron chi connectivity index (χ4n) is 6.37. The van der Waals surface area contributed by atoms with E-state index in [-0.39, 0.29) is 77.7 Å². The number of anilines is 1. The van der Waals surface area contributed by atoms with Gasteiger partial charge in [0.1, 0.15) is 47.5 Å². The summed E-state index contributed by atoms with van der Waals surface area (Å²) in [7, 11) is 1.40. The molecule has 1 amide bonds. The first-order valence-electron chi connectivity index (χ1n) is 16.2. The van der Waals surface area contributed by atoms with Crippen molar-refractivity contribution in [1.82, 2.24) is 24.4 Å². The van der Waals surface area contributed by atoms with Crippen LogP contribution in [0.4, 0.5) is 19.4 Å². The minimum atomic E-state index is -1.33. The van der Waals surface area contributed by atoms with Gasteiger partial charge in [0.15, 0.2) is 11.5 Å². The summed E-state index contributed by atoms with van der Waals surface area (Å²) in [6.07, 6.45) is -1.25. The molecule has 2 bridgehead atoms. The Kier molecular flexibility index (Phi) is 9.05. The first-order chi connectivity index (χ1) is 23.2.